The van der Waals surface area contributed by atoms with Crippen molar-refractivity contribution >= 4 is 23.9 Å². The maximum absolute atomic E-state index is 12.0. The summed E-state index contributed by atoms with van der Waals surface area (Å²) >= 11 is 0. The van der Waals surface area contributed by atoms with Gasteiger partial charge < -0.3 is 18.9 Å². The molecule has 0 amide bonds. The summed E-state index contributed by atoms with van der Waals surface area (Å²) < 4.78 is 22.1. The second-order valence-corrected chi connectivity index (χ2v) is 15.7. The van der Waals surface area contributed by atoms with E-state index in [4.69, 9.17) is 18.9 Å². The van der Waals surface area contributed by atoms with Gasteiger partial charge in [0.1, 0.15) is 23.4 Å². The van der Waals surface area contributed by atoms with E-state index in [9.17, 15) is 19.2 Å². The quantitative estimate of drug-likeness (QED) is 0.150. The van der Waals surface area contributed by atoms with Gasteiger partial charge in [-0.3, -0.25) is 4.79 Å². The summed E-state index contributed by atoms with van der Waals surface area (Å²) in [5, 5.41) is 0. The Bertz CT molecular complexity index is 1260. The fourth-order valence-corrected chi connectivity index (χ4v) is 10.2. The maximum Gasteiger partial charge on any atom is 0.333 e. The molecule has 5 unspecified atom stereocenters. The van der Waals surface area contributed by atoms with E-state index in [2.05, 4.69) is 33.6 Å². The highest BCUT2D eigenvalue weighted by Gasteiger charge is 2.63. The molecule has 0 N–H and O–H groups in total. The van der Waals surface area contributed by atoms with Gasteiger partial charge in [-0.05, 0) is 128 Å². The van der Waals surface area contributed by atoms with Gasteiger partial charge in [0, 0.05) is 28.6 Å². The minimum absolute atomic E-state index is 0.0646. The van der Waals surface area contributed by atoms with Crippen LogP contribution in [0.2, 0.25) is 0 Å². The molecule has 7 saturated carbocycles. The van der Waals surface area contributed by atoms with Crippen molar-refractivity contribution < 1.29 is 38.1 Å². The fourth-order valence-electron chi connectivity index (χ4n) is 10.2. The fraction of sp³-hybridized carbons (Fsp3) is 0.744. The molecule has 8 rings (SSSR count). The summed E-state index contributed by atoms with van der Waals surface area (Å²) in [6.07, 6.45) is 14.2. The number of fused-ring (bicyclic) bond motifs is 1. The first kappa shape index (κ1) is 35.4. The van der Waals surface area contributed by atoms with E-state index in [1.165, 1.54) is 44.9 Å². The summed E-state index contributed by atoms with van der Waals surface area (Å²) in [5.41, 5.74) is 1.10. The van der Waals surface area contributed by atoms with E-state index in [0.29, 0.717) is 34.5 Å². The summed E-state index contributed by atoms with van der Waals surface area (Å²) in [6.45, 7) is 20.2. The van der Waals surface area contributed by atoms with Crippen LogP contribution in [-0.4, -0.2) is 47.3 Å². The van der Waals surface area contributed by atoms with E-state index in [-0.39, 0.29) is 59.1 Å². The average molecular weight is 653 g/mol. The molecule has 1 heterocycles. The number of rotatable bonds is 8. The van der Waals surface area contributed by atoms with E-state index in [0.717, 1.165) is 50.4 Å². The zero-order valence-corrected chi connectivity index (χ0v) is 29.3. The maximum atomic E-state index is 12.0. The zero-order chi connectivity index (χ0) is 34.3. The van der Waals surface area contributed by atoms with E-state index >= 15 is 0 Å². The Morgan fingerprint density at radius 1 is 0.745 bits per heavy atom. The molecule has 47 heavy (non-hydrogen) atoms. The van der Waals surface area contributed by atoms with Gasteiger partial charge >= 0.3 is 23.9 Å². The van der Waals surface area contributed by atoms with Gasteiger partial charge in [0.05, 0.1) is 5.92 Å². The molecule has 260 valence electrons. The van der Waals surface area contributed by atoms with Crippen molar-refractivity contribution in [1.82, 2.24) is 0 Å². The summed E-state index contributed by atoms with van der Waals surface area (Å²) in [4.78, 5) is 46.3. The van der Waals surface area contributed by atoms with Crippen LogP contribution in [0.3, 0.4) is 0 Å². The van der Waals surface area contributed by atoms with Gasteiger partial charge in [0.25, 0.3) is 0 Å². The van der Waals surface area contributed by atoms with Crippen LogP contribution in [-0.2, 0) is 38.1 Å². The van der Waals surface area contributed by atoms with Crippen LogP contribution < -0.4 is 0 Å². The Morgan fingerprint density at radius 3 is 1.77 bits per heavy atom. The Hall–Kier alpha value is -2.90. The Morgan fingerprint density at radius 2 is 1.28 bits per heavy atom. The van der Waals surface area contributed by atoms with Crippen LogP contribution in [0.1, 0.15) is 118 Å². The number of hydrogen-bond acceptors (Lipinski definition) is 8. The van der Waals surface area contributed by atoms with Crippen LogP contribution in [0.15, 0.2) is 36.5 Å². The van der Waals surface area contributed by atoms with Crippen LogP contribution in [0.4, 0.5) is 0 Å². The standard InChI is InChI=1S/C16H24O2.C12H14O4.C11H18O2/c1-4-16(18-15(17)10(2)3)13-6-11-5-12(8-13)9-14(16)7-11;1-5(2)11(13)15-9-6-3-7-8(4-6)12(14)16-10(7)9;1-4-11(7-5-6-8-11)13-10(12)9(2)3/h11-14H,2,4-9H2,1,3H3;6-10H,1,3-4H2,2H3;2,4-8H2,1,3H3. The molecule has 8 heteroatoms. The number of carbonyl (C=O) groups excluding carboxylic acids is 4. The molecule has 8 fully saturated rings. The second-order valence-electron chi connectivity index (χ2n) is 15.7. The lowest BCUT2D eigenvalue weighted by Gasteiger charge is -2.60. The van der Waals surface area contributed by atoms with Gasteiger partial charge in [-0.15, -0.1) is 0 Å². The lowest BCUT2D eigenvalue weighted by molar-refractivity contribution is -0.207. The highest BCUT2D eigenvalue weighted by molar-refractivity contribution is 5.88. The number of carbonyl (C=O) groups is 4. The molecule has 0 spiro atoms. The molecule has 1 aliphatic heterocycles. The largest absolute Gasteiger partial charge is 0.458 e. The van der Waals surface area contributed by atoms with Gasteiger partial charge in [0.2, 0.25) is 0 Å². The van der Waals surface area contributed by atoms with Crippen molar-refractivity contribution in [3.8, 4) is 0 Å². The highest BCUT2D eigenvalue weighted by Crippen LogP contribution is 2.61. The lowest BCUT2D eigenvalue weighted by atomic mass is 9.49. The summed E-state index contributed by atoms with van der Waals surface area (Å²) in [6, 6.07) is 0. The smallest absolute Gasteiger partial charge is 0.333 e. The monoisotopic (exact) mass is 652 g/mol. The number of esters is 4. The molecule has 5 atom stereocenters. The molecular formula is C39H56O8. The van der Waals surface area contributed by atoms with Crippen molar-refractivity contribution in [3.05, 3.63) is 36.5 Å². The van der Waals surface area contributed by atoms with Crippen molar-refractivity contribution in [2.45, 2.75) is 141 Å². The molecule has 1 saturated heterocycles. The first-order chi connectivity index (χ1) is 22.2. The Kier molecular flexibility index (Phi) is 10.5. The van der Waals surface area contributed by atoms with E-state index in [1.807, 2.05) is 0 Å². The van der Waals surface area contributed by atoms with Crippen molar-refractivity contribution in [2.75, 3.05) is 0 Å². The van der Waals surface area contributed by atoms with Crippen LogP contribution in [0, 0.1) is 41.4 Å². The molecule has 0 aromatic rings. The van der Waals surface area contributed by atoms with Crippen molar-refractivity contribution in [2.24, 2.45) is 41.4 Å². The van der Waals surface area contributed by atoms with E-state index in [1.54, 1.807) is 20.8 Å². The van der Waals surface area contributed by atoms with Crippen molar-refractivity contribution in [1.29, 1.82) is 0 Å². The third kappa shape index (κ3) is 6.98. The predicted octanol–water partition coefficient (Wildman–Crippen LogP) is 7.59. The Balaban J connectivity index is 0.000000140. The normalized spacial score (nSPS) is 37.5. The van der Waals surface area contributed by atoms with Gasteiger partial charge in [-0.25, -0.2) is 14.4 Å². The minimum atomic E-state index is -0.378. The first-order valence-electron chi connectivity index (χ1n) is 18.1. The SMILES string of the molecule is C=C(C)C(=O)OC1(CC)C2CC3CC(C2)CC1C3.C=C(C)C(=O)OC1(CC)CCCC1.C=C(C)C(=O)OC1C2CC3C(=O)OC1C3C2. The third-order valence-electron chi connectivity index (χ3n) is 12.5. The summed E-state index contributed by atoms with van der Waals surface area (Å²) in [5.74, 6) is 2.80. The topological polar surface area (TPSA) is 105 Å². The third-order valence-corrected chi connectivity index (χ3v) is 12.5. The second kappa shape index (κ2) is 13.9. The molecule has 7 aliphatic carbocycles. The van der Waals surface area contributed by atoms with E-state index < -0.39 is 0 Å². The molecule has 8 nitrogen and oxygen atoms in total. The molecular weight excluding hydrogens is 596 g/mol. The summed E-state index contributed by atoms with van der Waals surface area (Å²) in [7, 11) is 0. The predicted molar refractivity (Wildman–Crippen MR) is 178 cm³/mol. The first-order valence-corrected chi connectivity index (χ1v) is 18.1. The van der Waals surface area contributed by atoms with Crippen molar-refractivity contribution in [3.63, 3.8) is 0 Å². The van der Waals surface area contributed by atoms with Gasteiger partial charge in [-0.1, -0.05) is 33.6 Å². The molecule has 0 aromatic carbocycles. The lowest BCUT2D eigenvalue weighted by Crippen LogP contribution is -2.59. The Labute approximate surface area is 281 Å². The molecule has 0 aromatic heterocycles. The molecule has 6 bridgehead atoms. The van der Waals surface area contributed by atoms with Crippen LogP contribution >= 0.6 is 0 Å². The molecule has 8 aliphatic rings. The van der Waals surface area contributed by atoms with Crippen LogP contribution in [0.25, 0.3) is 0 Å². The van der Waals surface area contributed by atoms with Gasteiger partial charge in [0.15, 0.2) is 0 Å². The number of hydrogen-bond donors (Lipinski definition) is 0. The van der Waals surface area contributed by atoms with Crippen LogP contribution in [0.5, 0.6) is 0 Å². The zero-order valence-electron chi connectivity index (χ0n) is 29.3. The molecule has 0 radical (unpaired) electrons. The average Bonchev–Trinajstić information content (AvgIpc) is 3.79. The minimum Gasteiger partial charge on any atom is -0.458 e. The van der Waals surface area contributed by atoms with Gasteiger partial charge in [-0.2, -0.15) is 0 Å². The highest BCUT2D eigenvalue weighted by atomic mass is 16.6. The number of ether oxygens (including phenoxy) is 4.